The summed E-state index contributed by atoms with van der Waals surface area (Å²) in [6.45, 7) is 3.53. The van der Waals surface area contributed by atoms with E-state index in [1.54, 1.807) is 50.5 Å². The minimum absolute atomic E-state index is 0.161. The van der Waals surface area contributed by atoms with Gasteiger partial charge in [-0.3, -0.25) is 4.79 Å². The van der Waals surface area contributed by atoms with Gasteiger partial charge in [0.15, 0.2) is 5.76 Å². The Bertz CT molecular complexity index is 864. The average molecular weight is 359 g/mol. The molecule has 3 heterocycles. The fraction of sp³-hybridized carbons (Fsp3) is 0.389. The highest BCUT2D eigenvalue weighted by molar-refractivity contribution is 6.06. The second kappa shape index (κ2) is 8.11. The maximum absolute atomic E-state index is 13.2. The molecule has 8 heteroatoms. The Balaban J connectivity index is 2.05. The predicted octanol–water partition coefficient (Wildman–Crippen LogP) is 2.53. The van der Waals surface area contributed by atoms with Crippen LogP contribution in [0.25, 0.3) is 22.6 Å². The summed E-state index contributed by atoms with van der Waals surface area (Å²) < 4.78 is 21.0. The van der Waals surface area contributed by atoms with Crippen LogP contribution in [0.3, 0.4) is 0 Å². The van der Waals surface area contributed by atoms with Crippen LogP contribution in [-0.4, -0.2) is 61.5 Å². The van der Waals surface area contributed by atoms with Crippen molar-refractivity contribution < 1.29 is 23.2 Å². The first-order chi connectivity index (χ1) is 12.7. The van der Waals surface area contributed by atoms with Crippen LogP contribution < -0.4 is 0 Å². The third-order valence-corrected chi connectivity index (χ3v) is 4.04. The molecule has 1 amide bonds. The summed E-state index contributed by atoms with van der Waals surface area (Å²) in [7, 11) is 3.20. The Labute approximate surface area is 150 Å². The molecular formula is C18H21N3O5. The molecule has 0 aliphatic carbocycles. The highest BCUT2D eigenvalue weighted by Crippen LogP contribution is 2.28. The Morgan fingerprint density at radius 2 is 1.96 bits per heavy atom. The van der Waals surface area contributed by atoms with E-state index in [-0.39, 0.29) is 5.91 Å². The van der Waals surface area contributed by atoms with E-state index >= 15 is 0 Å². The molecule has 26 heavy (non-hydrogen) atoms. The molecule has 0 aliphatic rings. The molecule has 3 aromatic heterocycles. The van der Waals surface area contributed by atoms with Gasteiger partial charge in [0.25, 0.3) is 11.6 Å². The van der Waals surface area contributed by atoms with E-state index in [1.807, 2.05) is 0 Å². The molecule has 0 fully saturated rings. The maximum Gasteiger partial charge on any atom is 0.259 e. The third-order valence-electron chi connectivity index (χ3n) is 4.04. The Kier molecular flexibility index (Phi) is 5.65. The van der Waals surface area contributed by atoms with Crippen molar-refractivity contribution in [3.63, 3.8) is 0 Å². The van der Waals surface area contributed by atoms with Gasteiger partial charge in [-0.2, -0.15) is 0 Å². The lowest BCUT2D eigenvalue weighted by molar-refractivity contribution is 0.0629. The summed E-state index contributed by atoms with van der Waals surface area (Å²) in [5.41, 5.74) is 1.89. The first-order valence-corrected chi connectivity index (χ1v) is 8.23. The van der Waals surface area contributed by atoms with Crippen LogP contribution in [0.2, 0.25) is 0 Å². The Morgan fingerprint density at radius 3 is 2.58 bits per heavy atom. The molecule has 3 aromatic rings. The summed E-state index contributed by atoms with van der Waals surface area (Å²) in [5.74, 6) is 0.390. The number of rotatable bonds is 8. The van der Waals surface area contributed by atoms with Crippen molar-refractivity contribution in [3.05, 3.63) is 35.7 Å². The molecule has 0 unspecified atom stereocenters. The Hall–Kier alpha value is -2.71. The van der Waals surface area contributed by atoms with Gasteiger partial charge < -0.3 is 23.3 Å². The summed E-state index contributed by atoms with van der Waals surface area (Å²) in [6, 6.07) is 5.25. The number of aromatic nitrogens is 2. The second-order valence-electron chi connectivity index (χ2n) is 5.76. The fourth-order valence-electron chi connectivity index (χ4n) is 2.70. The maximum atomic E-state index is 13.2. The molecule has 0 aromatic carbocycles. The van der Waals surface area contributed by atoms with Crippen molar-refractivity contribution >= 4 is 17.0 Å². The highest BCUT2D eigenvalue weighted by Gasteiger charge is 2.24. The van der Waals surface area contributed by atoms with E-state index in [0.29, 0.717) is 60.1 Å². The van der Waals surface area contributed by atoms with Gasteiger partial charge >= 0.3 is 0 Å². The molecule has 0 N–H and O–H groups in total. The lowest BCUT2D eigenvalue weighted by atomic mass is 10.1. The topological polar surface area (TPSA) is 90.8 Å². The lowest BCUT2D eigenvalue weighted by Crippen LogP contribution is -2.36. The molecule has 0 atom stereocenters. The standard InChI is InChI=1S/C18H21N3O5/c1-12-16-13(18(22)21(6-9-23-2)7-10-24-3)11-14(15-5-4-8-25-15)19-17(16)26-20-12/h4-5,8,11H,6-7,9-10H2,1-3H3. The molecule has 3 rings (SSSR count). The number of pyridine rings is 1. The predicted molar refractivity (Wildman–Crippen MR) is 93.9 cm³/mol. The van der Waals surface area contributed by atoms with Crippen LogP contribution in [0.15, 0.2) is 33.4 Å². The van der Waals surface area contributed by atoms with Gasteiger partial charge in [-0.05, 0) is 25.1 Å². The van der Waals surface area contributed by atoms with Crippen molar-refractivity contribution in [3.8, 4) is 11.5 Å². The zero-order chi connectivity index (χ0) is 18.5. The van der Waals surface area contributed by atoms with Gasteiger partial charge in [-0.1, -0.05) is 5.16 Å². The molecule has 0 aliphatic heterocycles. The quantitative estimate of drug-likeness (QED) is 0.610. The van der Waals surface area contributed by atoms with Crippen molar-refractivity contribution in [1.29, 1.82) is 0 Å². The molecule has 0 saturated carbocycles. The number of hydrogen-bond donors (Lipinski definition) is 0. The molecule has 0 spiro atoms. The fourth-order valence-corrected chi connectivity index (χ4v) is 2.70. The number of carbonyl (C=O) groups excluding carboxylic acids is 1. The SMILES string of the molecule is COCCN(CCOC)C(=O)c1cc(-c2ccco2)nc2onc(C)c12. The number of nitrogens with zero attached hydrogens (tertiary/aromatic N) is 3. The summed E-state index contributed by atoms with van der Waals surface area (Å²) in [5, 5.41) is 4.56. The molecule has 8 nitrogen and oxygen atoms in total. The lowest BCUT2D eigenvalue weighted by Gasteiger charge is -2.22. The van der Waals surface area contributed by atoms with Gasteiger partial charge in [-0.25, -0.2) is 4.98 Å². The van der Waals surface area contributed by atoms with E-state index in [1.165, 1.54) is 0 Å². The van der Waals surface area contributed by atoms with E-state index in [9.17, 15) is 4.79 Å². The monoisotopic (exact) mass is 359 g/mol. The van der Waals surface area contributed by atoms with Crippen molar-refractivity contribution in [2.45, 2.75) is 6.92 Å². The number of ether oxygens (including phenoxy) is 2. The molecule has 0 bridgehead atoms. The number of furan rings is 1. The van der Waals surface area contributed by atoms with Crippen LogP contribution in [-0.2, 0) is 9.47 Å². The minimum atomic E-state index is -0.161. The van der Waals surface area contributed by atoms with Gasteiger partial charge in [0.1, 0.15) is 5.69 Å². The number of aryl methyl sites for hydroxylation is 1. The van der Waals surface area contributed by atoms with Gasteiger partial charge in [-0.15, -0.1) is 0 Å². The van der Waals surface area contributed by atoms with E-state index in [2.05, 4.69) is 10.1 Å². The molecule has 138 valence electrons. The number of fused-ring (bicyclic) bond motifs is 1. The van der Waals surface area contributed by atoms with E-state index < -0.39 is 0 Å². The van der Waals surface area contributed by atoms with Gasteiger partial charge in [0.05, 0.1) is 36.1 Å². The van der Waals surface area contributed by atoms with Gasteiger partial charge in [0, 0.05) is 27.3 Å². The summed E-state index contributed by atoms with van der Waals surface area (Å²) in [4.78, 5) is 19.3. The Morgan fingerprint density at radius 1 is 1.23 bits per heavy atom. The van der Waals surface area contributed by atoms with Gasteiger partial charge in [0.2, 0.25) is 0 Å². The van der Waals surface area contributed by atoms with Crippen LogP contribution in [0.4, 0.5) is 0 Å². The minimum Gasteiger partial charge on any atom is -0.463 e. The van der Waals surface area contributed by atoms with Crippen LogP contribution in [0.5, 0.6) is 0 Å². The summed E-state index contributed by atoms with van der Waals surface area (Å²) >= 11 is 0. The zero-order valence-electron chi connectivity index (χ0n) is 15.0. The van der Waals surface area contributed by atoms with Crippen molar-refractivity contribution in [1.82, 2.24) is 15.0 Å². The smallest absolute Gasteiger partial charge is 0.259 e. The van der Waals surface area contributed by atoms with E-state index in [4.69, 9.17) is 18.4 Å². The zero-order valence-corrected chi connectivity index (χ0v) is 15.0. The second-order valence-corrected chi connectivity index (χ2v) is 5.76. The normalized spacial score (nSPS) is 11.2. The number of methoxy groups -OCH3 is 2. The first kappa shape index (κ1) is 18.1. The van der Waals surface area contributed by atoms with Crippen LogP contribution in [0.1, 0.15) is 16.1 Å². The molecule has 0 saturated heterocycles. The van der Waals surface area contributed by atoms with Crippen LogP contribution in [0, 0.1) is 6.92 Å². The summed E-state index contributed by atoms with van der Waals surface area (Å²) in [6.07, 6.45) is 1.55. The van der Waals surface area contributed by atoms with Crippen LogP contribution >= 0.6 is 0 Å². The number of amides is 1. The largest absolute Gasteiger partial charge is 0.463 e. The molecule has 0 radical (unpaired) electrons. The average Bonchev–Trinajstić information content (AvgIpc) is 3.31. The molecular weight excluding hydrogens is 338 g/mol. The number of carbonyl (C=O) groups is 1. The third kappa shape index (κ3) is 3.61. The first-order valence-electron chi connectivity index (χ1n) is 8.23. The van der Waals surface area contributed by atoms with E-state index in [0.717, 1.165) is 0 Å². The van der Waals surface area contributed by atoms with Crippen molar-refractivity contribution in [2.24, 2.45) is 0 Å². The van der Waals surface area contributed by atoms with Crippen molar-refractivity contribution in [2.75, 3.05) is 40.5 Å². The highest BCUT2D eigenvalue weighted by atomic mass is 16.5. The number of hydrogen-bond acceptors (Lipinski definition) is 7.